The zero-order chi connectivity index (χ0) is 15.8. The first-order valence-corrected chi connectivity index (χ1v) is 7.80. The number of carbonyl (C=O) groups excluding carboxylic acids is 2. The fourth-order valence-electron chi connectivity index (χ4n) is 2.32. The van der Waals surface area contributed by atoms with E-state index >= 15 is 0 Å². The summed E-state index contributed by atoms with van der Waals surface area (Å²) in [6.45, 7) is 2.48. The van der Waals surface area contributed by atoms with Crippen LogP contribution in [0.1, 0.15) is 39.0 Å². The van der Waals surface area contributed by atoms with Crippen LogP contribution in [0.4, 0.5) is 0 Å². The number of Topliss-reactive ketones (excluding diaryl/α,β-unsaturated/α-hetero) is 1. The molecule has 0 fully saturated rings. The number of rotatable bonds is 8. The number of ether oxygens (including phenoxy) is 2. The van der Waals surface area contributed by atoms with E-state index < -0.39 is 0 Å². The average molecular weight is 305 g/mol. The Labute approximate surface area is 131 Å². The molecule has 1 heterocycles. The van der Waals surface area contributed by atoms with Gasteiger partial charge in [0.05, 0.1) is 6.54 Å². The van der Waals surface area contributed by atoms with Crippen molar-refractivity contribution in [1.29, 1.82) is 0 Å². The molecule has 1 unspecified atom stereocenters. The lowest BCUT2D eigenvalue weighted by Crippen LogP contribution is -2.40. The Balaban J connectivity index is 1.60. The number of nitrogens with one attached hydrogen (secondary N) is 1. The van der Waals surface area contributed by atoms with Crippen LogP contribution in [0.15, 0.2) is 24.3 Å². The highest BCUT2D eigenvalue weighted by atomic mass is 16.6. The third-order valence-corrected chi connectivity index (χ3v) is 3.53. The normalized spacial score (nSPS) is 16.1. The largest absolute Gasteiger partial charge is 0.486 e. The number of fused-ring (bicyclic) bond motifs is 1. The molecule has 120 valence electrons. The highest BCUT2D eigenvalue weighted by Crippen LogP contribution is 2.30. The van der Waals surface area contributed by atoms with Crippen LogP contribution in [0.2, 0.25) is 0 Å². The zero-order valence-electron chi connectivity index (χ0n) is 13.0. The number of amides is 1. The van der Waals surface area contributed by atoms with Gasteiger partial charge >= 0.3 is 0 Å². The van der Waals surface area contributed by atoms with Crippen LogP contribution < -0.4 is 14.8 Å². The maximum atomic E-state index is 11.8. The van der Waals surface area contributed by atoms with Gasteiger partial charge in [-0.05, 0) is 31.9 Å². The van der Waals surface area contributed by atoms with Gasteiger partial charge in [0.25, 0.3) is 0 Å². The summed E-state index contributed by atoms with van der Waals surface area (Å²) in [5, 5.41) is 2.87. The first kappa shape index (κ1) is 16.3. The van der Waals surface area contributed by atoms with E-state index in [1.165, 1.54) is 0 Å². The molecule has 1 aliphatic heterocycles. The Kier molecular flexibility index (Phi) is 6.25. The van der Waals surface area contributed by atoms with E-state index in [4.69, 9.17) is 9.47 Å². The van der Waals surface area contributed by atoms with Gasteiger partial charge in [-0.15, -0.1) is 0 Å². The van der Waals surface area contributed by atoms with Crippen LogP contribution in [0, 0.1) is 0 Å². The Bertz CT molecular complexity index is 515. The molecule has 0 bridgehead atoms. The van der Waals surface area contributed by atoms with E-state index in [9.17, 15) is 9.59 Å². The summed E-state index contributed by atoms with van der Waals surface area (Å²) in [5.41, 5.74) is 0. The number of carbonyl (C=O) groups is 2. The fraction of sp³-hybridized carbons (Fsp3) is 0.529. The number of ketones is 1. The molecule has 0 spiro atoms. The quantitative estimate of drug-likeness (QED) is 0.749. The molecule has 0 saturated heterocycles. The molecule has 1 aromatic carbocycles. The van der Waals surface area contributed by atoms with Crippen molar-refractivity contribution in [3.63, 3.8) is 0 Å². The minimum Gasteiger partial charge on any atom is -0.486 e. The fourth-order valence-corrected chi connectivity index (χ4v) is 2.32. The van der Waals surface area contributed by atoms with Crippen LogP contribution >= 0.6 is 0 Å². The van der Waals surface area contributed by atoms with Gasteiger partial charge in [-0.2, -0.15) is 0 Å². The van der Waals surface area contributed by atoms with Crippen molar-refractivity contribution in [1.82, 2.24) is 5.32 Å². The molecule has 1 atom stereocenters. The highest BCUT2D eigenvalue weighted by Gasteiger charge is 2.20. The zero-order valence-corrected chi connectivity index (χ0v) is 13.0. The predicted molar refractivity (Wildman–Crippen MR) is 83.1 cm³/mol. The molecule has 5 nitrogen and oxygen atoms in total. The van der Waals surface area contributed by atoms with Crippen molar-refractivity contribution in [2.24, 2.45) is 0 Å². The molecule has 0 saturated carbocycles. The van der Waals surface area contributed by atoms with Gasteiger partial charge in [-0.25, -0.2) is 0 Å². The maximum absolute atomic E-state index is 11.8. The van der Waals surface area contributed by atoms with Crippen molar-refractivity contribution in [3.8, 4) is 11.5 Å². The van der Waals surface area contributed by atoms with Crippen LogP contribution in [0.25, 0.3) is 0 Å². The van der Waals surface area contributed by atoms with Crippen molar-refractivity contribution in [2.75, 3.05) is 13.2 Å². The monoisotopic (exact) mass is 305 g/mol. The van der Waals surface area contributed by atoms with Gasteiger partial charge in [-0.3, -0.25) is 4.79 Å². The van der Waals surface area contributed by atoms with Gasteiger partial charge in [0.15, 0.2) is 11.5 Å². The number of para-hydroxylation sites is 2. The first-order chi connectivity index (χ1) is 10.6. The number of hydrogen-bond acceptors (Lipinski definition) is 4. The van der Waals surface area contributed by atoms with Crippen molar-refractivity contribution >= 4 is 11.7 Å². The minimum absolute atomic E-state index is 0.0188. The molecule has 1 aromatic rings. The maximum Gasteiger partial charge on any atom is 0.220 e. The van der Waals surface area contributed by atoms with Gasteiger partial charge in [0.1, 0.15) is 18.5 Å². The van der Waals surface area contributed by atoms with Crippen LogP contribution in [0.3, 0.4) is 0 Å². The molecule has 5 heteroatoms. The van der Waals surface area contributed by atoms with Crippen LogP contribution in [-0.4, -0.2) is 30.9 Å². The van der Waals surface area contributed by atoms with E-state index in [1.54, 1.807) is 6.92 Å². The summed E-state index contributed by atoms with van der Waals surface area (Å²) in [7, 11) is 0. The summed E-state index contributed by atoms with van der Waals surface area (Å²) >= 11 is 0. The molecule has 22 heavy (non-hydrogen) atoms. The number of unbranched alkanes of at least 4 members (excludes halogenated alkanes) is 2. The highest BCUT2D eigenvalue weighted by molar-refractivity contribution is 5.76. The lowest BCUT2D eigenvalue weighted by Gasteiger charge is -2.26. The van der Waals surface area contributed by atoms with E-state index in [0.29, 0.717) is 26.0 Å². The summed E-state index contributed by atoms with van der Waals surface area (Å²) in [6.07, 6.45) is 3.51. The van der Waals surface area contributed by atoms with Crippen LogP contribution in [0.5, 0.6) is 11.5 Å². The summed E-state index contributed by atoms with van der Waals surface area (Å²) in [6, 6.07) is 7.52. The number of hydrogen-bond donors (Lipinski definition) is 1. The summed E-state index contributed by atoms with van der Waals surface area (Å²) in [5.74, 6) is 1.69. The van der Waals surface area contributed by atoms with Gasteiger partial charge in [-0.1, -0.05) is 18.6 Å². The SMILES string of the molecule is CC(=O)CCCCCC(=O)NCC1COc2ccccc2O1. The topological polar surface area (TPSA) is 64.6 Å². The van der Waals surface area contributed by atoms with E-state index in [2.05, 4.69) is 5.32 Å². The molecular weight excluding hydrogens is 282 g/mol. The molecule has 2 rings (SSSR count). The standard InChI is InChI=1S/C17H23NO4/c1-13(19)7-3-2-4-10-17(20)18-11-14-12-21-15-8-5-6-9-16(15)22-14/h5-6,8-9,14H,2-4,7,10-12H2,1H3,(H,18,20). The second-order valence-electron chi connectivity index (χ2n) is 5.56. The molecular formula is C17H23NO4. The summed E-state index contributed by atoms with van der Waals surface area (Å²) < 4.78 is 11.4. The van der Waals surface area contributed by atoms with Crippen molar-refractivity contribution in [3.05, 3.63) is 24.3 Å². The Morgan fingerprint density at radius 1 is 1.14 bits per heavy atom. The summed E-state index contributed by atoms with van der Waals surface area (Å²) in [4.78, 5) is 22.6. The third-order valence-electron chi connectivity index (χ3n) is 3.53. The predicted octanol–water partition coefficient (Wildman–Crippen LogP) is 2.48. The van der Waals surface area contributed by atoms with E-state index in [1.807, 2.05) is 24.3 Å². The van der Waals surface area contributed by atoms with Crippen molar-refractivity contribution in [2.45, 2.75) is 45.1 Å². The lowest BCUT2D eigenvalue weighted by molar-refractivity contribution is -0.121. The molecule has 1 amide bonds. The molecule has 0 radical (unpaired) electrons. The van der Waals surface area contributed by atoms with Crippen LogP contribution in [-0.2, 0) is 9.59 Å². The molecule has 1 aliphatic rings. The van der Waals surface area contributed by atoms with Crippen molar-refractivity contribution < 1.29 is 19.1 Å². The van der Waals surface area contributed by atoms with Gasteiger partial charge in [0.2, 0.25) is 5.91 Å². The first-order valence-electron chi connectivity index (χ1n) is 7.80. The lowest BCUT2D eigenvalue weighted by atomic mass is 10.1. The van der Waals surface area contributed by atoms with E-state index in [-0.39, 0.29) is 17.8 Å². The molecule has 0 aromatic heterocycles. The van der Waals surface area contributed by atoms with Gasteiger partial charge < -0.3 is 19.6 Å². The number of benzene rings is 1. The second-order valence-corrected chi connectivity index (χ2v) is 5.56. The smallest absolute Gasteiger partial charge is 0.220 e. The third kappa shape index (κ3) is 5.39. The minimum atomic E-state index is -0.156. The Morgan fingerprint density at radius 2 is 1.86 bits per heavy atom. The van der Waals surface area contributed by atoms with E-state index in [0.717, 1.165) is 30.8 Å². The second kappa shape index (κ2) is 8.41. The molecule has 0 aliphatic carbocycles. The van der Waals surface area contributed by atoms with Gasteiger partial charge in [0, 0.05) is 12.8 Å². The Hall–Kier alpha value is -2.04. The molecule has 1 N–H and O–H groups in total. The average Bonchev–Trinajstić information content (AvgIpc) is 2.52. The Morgan fingerprint density at radius 3 is 2.64 bits per heavy atom.